The third-order valence-corrected chi connectivity index (χ3v) is 4.27. The monoisotopic (exact) mass is 449 g/mol. The Morgan fingerprint density at radius 2 is 2.09 bits per heavy atom. The zero-order valence-corrected chi connectivity index (χ0v) is 13.9. The largest absolute Gasteiger partial charge is 0.469 e. The number of halogens is 1. The van der Waals surface area contributed by atoms with E-state index in [2.05, 4.69) is 9.51 Å². The molecular formula is C9H13IN3O8P. The van der Waals surface area contributed by atoms with Gasteiger partial charge in [0.2, 0.25) is 0 Å². The molecule has 22 heavy (non-hydrogen) atoms. The Morgan fingerprint density at radius 1 is 1.45 bits per heavy atom. The first kappa shape index (κ1) is 17.7. The Kier molecular flexibility index (Phi) is 5.23. The molecule has 0 bridgehead atoms. The van der Waals surface area contributed by atoms with Crippen molar-refractivity contribution in [1.29, 1.82) is 0 Å². The number of phosphoric ester groups is 1. The highest BCUT2D eigenvalue weighted by Gasteiger charge is 2.45. The van der Waals surface area contributed by atoms with E-state index in [0.29, 0.717) is 3.57 Å². The summed E-state index contributed by atoms with van der Waals surface area (Å²) in [5, 5.41) is 19.8. The SMILES string of the molecule is Nc1nc(=O)n([C@@H]2O[C@H](COP(=O)(O)O)C(O)[C@H]2O)cc1I. The van der Waals surface area contributed by atoms with Crippen molar-refractivity contribution in [3.8, 4) is 0 Å². The molecule has 11 nitrogen and oxygen atoms in total. The zero-order chi connectivity index (χ0) is 16.7. The second kappa shape index (κ2) is 6.49. The number of nitrogen functional groups attached to an aromatic ring is 1. The van der Waals surface area contributed by atoms with E-state index in [1.807, 2.05) is 22.6 Å². The lowest BCUT2D eigenvalue weighted by Gasteiger charge is -2.17. The fourth-order valence-corrected chi connectivity index (χ4v) is 2.67. The van der Waals surface area contributed by atoms with Crippen LogP contribution in [0.4, 0.5) is 5.82 Å². The zero-order valence-electron chi connectivity index (χ0n) is 10.8. The van der Waals surface area contributed by atoms with Crippen LogP contribution in [-0.4, -0.2) is 54.5 Å². The summed E-state index contributed by atoms with van der Waals surface area (Å²) in [6.07, 6.45) is -4.23. The number of nitrogens with zero attached hydrogens (tertiary/aromatic N) is 2. The molecule has 6 N–H and O–H groups in total. The quantitative estimate of drug-likeness (QED) is 0.259. The van der Waals surface area contributed by atoms with Crippen molar-refractivity contribution in [3.63, 3.8) is 0 Å². The van der Waals surface area contributed by atoms with E-state index in [9.17, 15) is 19.6 Å². The summed E-state index contributed by atoms with van der Waals surface area (Å²) in [7, 11) is -4.75. The fourth-order valence-electron chi connectivity index (χ4n) is 1.91. The van der Waals surface area contributed by atoms with Crippen LogP contribution in [0.15, 0.2) is 11.0 Å². The molecule has 1 aromatic rings. The molecule has 0 aliphatic carbocycles. The van der Waals surface area contributed by atoms with Crippen LogP contribution >= 0.6 is 30.4 Å². The van der Waals surface area contributed by atoms with Gasteiger partial charge in [-0.05, 0) is 22.6 Å². The molecule has 0 aromatic carbocycles. The van der Waals surface area contributed by atoms with E-state index in [1.165, 1.54) is 6.20 Å². The molecule has 1 aliphatic heterocycles. The summed E-state index contributed by atoms with van der Waals surface area (Å²) in [5.74, 6) is 0.0104. The number of nitrogens with two attached hydrogens (primary N) is 1. The Hall–Kier alpha value is -0.600. The summed E-state index contributed by atoms with van der Waals surface area (Å²) < 4.78 is 21.5. The minimum absolute atomic E-state index is 0.0104. The average Bonchev–Trinajstić information content (AvgIpc) is 2.68. The Balaban J connectivity index is 2.22. The van der Waals surface area contributed by atoms with Gasteiger partial charge >= 0.3 is 13.5 Å². The number of hydrogen-bond donors (Lipinski definition) is 5. The lowest BCUT2D eigenvalue weighted by atomic mass is 10.1. The number of rotatable bonds is 4. The number of anilines is 1. The average molecular weight is 449 g/mol. The third-order valence-electron chi connectivity index (χ3n) is 2.95. The summed E-state index contributed by atoms with van der Waals surface area (Å²) in [6, 6.07) is 0. The number of hydrogen-bond acceptors (Lipinski definition) is 8. The van der Waals surface area contributed by atoms with Crippen LogP contribution in [0.2, 0.25) is 0 Å². The Morgan fingerprint density at radius 3 is 2.68 bits per heavy atom. The van der Waals surface area contributed by atoms with Gasteiger partial charge in [0.25, 0.3) is 0 Å². The van der Waals surface area contributed by atoms with Crippen LogP contribution in [0.1, 0.15) is 6.23 Å². The number of ether oxygens (including phenoxy) is 1. The van der Waals surface area contributed by atoms with Crippen molar-refractivity contribution in [2.75, 3.05) is 12.3 Å². The maximum Gasteiger partial charge on any atom is 0.469 e. The topological polar surface area (TPSA) is 177 Å². The van der Waals surface area contributed by atoms with Gasteiger partial charge in [0, 0.05) is 6.20 Å². The molecule has 0 amide bonds. The maximum absolute atomic E-state index is 11.8. The van der Waals surface area contributed by atoms with Gasteiger partial charge in [0.1, 0.15) is 24.1 Å². The second-order valence-electron chi connectivity index (χ2n) is 4.50. The number of phosphoric acid groups is 1. The smallest absolute Gasteiger partial charge is 0.387 e. The van der Waals surface area contributed by atoms with Gasteiger partial charge in [-0.2, -0.15) is 4.98 Å². The first-order valence-corrected chi connectivity index (χ1v) is 8.47. The molecule has 2 rings (SSSR count). The molecule has 1 aliphatic rings. The molecule has 1 fully saturated rings. The number of aliphatic hydroxyl groups excluding tert-OH is 2. The van der Waals surface area contributed by atoms with Crippen LogP contribution in [0.3, 0.4) is 0 Å². The summed E-state index contributed by atoms with van der Waals surface area (Å²) in [6.45, 7) is -0.659. The first-order chi connectivity index (χ1) is 10.1. The predicted molar refractivity (Wildman–Crippen MR) is 79.5 cm³/mol. The van der Waals surface area contributed by atoms with Crippen LogP contribution in [-0.2, 0) is 13.8 Å². The van der Waals surface area contributed by atoms with Gasteiger partial charge in [-0.15, -0.1) is 0 Å². The van der Waals surface area contributed by atoms with Gasteiger partial charge in [0.05, 0.1) is 10.2 Å². The van der Waals surface area contributed by atoms with Crippen LogP contribution in [0.5, 0.6) is 0 Å². The van der Waals surface area contributed by atoms with Gasteiger partial charge in [-0.25, -0.2) is 9.36 Å². The molecule has 124 valence electrons. The van der Waals surface area contributed by atoms with Crippen LogP contribution in [0, 0.1) is 3.57 Å². The van der Waals surface area contributed by atoms with E-state index in [-0.39, 0.29) is 5.82 Å². The van der Waals surface area contributed by atoms with Gasteiger partial charge in [0.15, 0.2) is 6.23 Å². The van der Waals surface area contributed by atoms with Crippen molar-refractivity contribution in [2.24, 2.45) is 0 Å². The molecule has 4 atom stereocenters. The minimum Gasteiger partial charge on any atom is -0.387 e. The van der Waals surface area contributed by atoms with Gasteiger partial charge < -0.3 is 30.5 Å². The van der Waals surface area contributed by atoms with Crippen molar-refractivity contribution in [2.45, 2.75) is 24.5 Å². The lowest BCUT2D eigenvalue weighted by molar-refractivity contribution is -0.0543. The highest BCUT2D eigenvalue weighted by molar-refractivity contribution is 14.1. The highest BCUT2D eigenvalue weighted by Crippen LogP contribution is 2.38. The van der Waals surface area contributed by atoms with E-state index in [4.69, 9.17) is 20.3 Å². The van der Waals surface area contributed by atoms with E-state index in [0.717, 1.165) is 4.57 Å². The molecule has 1 unspecified atom stereocenters. The van der Waals surface area contributed by atoms with Crippen molar-refractivity contribution >= 4 is 36.2 Å². The van der Waals surface area contributed by atoms with Crippen molar-refractivity contribution < 1.29 is 33.8 Å². The Bertz CT molecular complexity index is 663. The fraction of sp³-hybridized carbons (Fsp3) is 0.556. The maximum atomic E-state index is 11.8. The number of aromatic nitrogens is 2. The van der Waals surface area contributed by atoms with Crippen molar-refractivity contribution in [1.82, 2.24) is 9.55 Å². The summed E-state index contributed by atoms with van der Waals surface area (Å²) >= 11 is 1.82. The molecule has 0 radical (unpaired) electrons. The Labute approximate surface area is 137 Å². The molecule has 0 spiro atoms. The van der Waals surface area contributed by atoms with E-state index >= 15 is 0 Å². The van der Waals surface area contributed by atoms with Gasteiger partial charge in [-0.1, -0.05) is 0 Å². The normalized spacial score (nSPS) is 29.0. The molecule has 13 heteroatoms. The minimum atomic E-state index is -4.75. The lowest BCUT2D eigenvalue weighted by Crippen LogP contribution is -2.36. The first-order valence-electron chi connectivity index (χ1n) is 5.86. The molecule has 2 heterocycles. The van der Waals surface area contributed by atoms with E-state index in [1.54, 1.807) is 0 Å². The summed E-state index contributed by atoms with van der Waals surface area (Å²) in [5.41, 5.74) is 4.68. The standard InChI is InChI=1S/C9H13IN3O8P/c10-3-1-13(9(16)12-7(3)11)8-6(15)5(14)4(21-8)2-20-22(17,18)19/h1,4-6,8,14-15H,2H2,(H2,11,12,16)(H2,17,18,19)/t4-,5?,6-,8-/m1/s1. The number of aliphatic hydroxyl groups is 2. The van der Waals surface area contributed by atoms with Gasteiger partial charge in [-0.3, -0.25) is 9.09 Å². The summed E-state index contributed by atoms with van der Waals surface area (Å²) in [4.78, 5) is 32.6. The predicted octanol–water partition coefficient (Wildman–Crippen LogP) is -1.84. The second-order valence-corrected chi connectivity index (χ2v) is 6.90. The van der Waals surface area contributed by atoms with Crippen molar-refractivity contribution in [3.05, 3.63) is 20.3 Å². The molecule has 1 saturated heterocycles. The molecule has 1 aromatic heterocycles. The molecule has 0 saturated carbocycles. The third kappa shape index (κ3) is 3.83. The van der Waals surface area contributed by atoms with Crippen LogP contribution in [0.25, 0.3) is 0 Å². The highest BCUT2D eigenvalue weighted by atomic mass is 127. The molecular weight excluding hydrogens is 436 g/mol. The van der Waals surface area contributed by atoms with Crippen LogP contribution < -0.4 is 11.4 Å². The van der Waals surface area contributed by atoms with E-state index < -0.39 is 44.7 Å².